The van der Waals surface area contributed by atoms with Crippen LogP contribution in [0.5, 0.6) is 0 Å². The monoisotopic (exact) mass is 603 g/mol. The summed E-state index contributed by atoms with van der Waals surface area (Å²) in [7, 11) is -4.17. The molecule has 0 radical (unpaired) electrons. The van der Waals surface area contributed by atoms with Crippen LogP contribution in [0.3, 0.4) is 0 Å². The molecule has 1 atom stereocenters. The Balaban J connectivity index is 1.77. The summed E-state index contributed by atoms with van der Waals surface area (Å²) < 4.78 is 28.9. The summed E-state index contributed by atoms with van der Waals surface area (Å²) in [5.74, 6) is -0.829. The summed E-state index contributed by atoms with van der Waals surface area (Å²) in [6.07, 6.45) is 0.257. The molecule has 1 unspecified atom stereocenters. The van der Waals surface area contributed by atoms with Crippen molar-refractivity contribution in [2.75, 3.05) is 10.8 Å². The van der Waals surface area contributed by atoms with Gasteiger partial charge in [0.1, 0.15) is 12.6 Å². The highest BCUT2D eigenvalue weighted by Crippen LogP contribution is 2.26. The first-order valence-corrected chi connectivity index (χ1v) is 15.5. The Hall–Kier alpha value is -4.14. The minimum atomic E-state index is -4.17. The van der Waals surface area contributed by atoms with E-state index in [4.69, 9.17) is 11.6 Å². The molecule has 0 aliphatic heterocycles. The molecule has 0 aromatic heterocycles. The van der Waals surface area contributed by atoms with Gasteiger partial charge in [0.2, 0.25) is 11.8 Å². The number of nitrogens with one attached hydrogen (secondary N) is 1. The predicted molar refractivity (Wildman–Crippen MR) is 167 cm³/mol. The number of halogens is 1. The van der Waals surface area contributed by atoms with Crippen LogP contribution in [-0.4, -0.2) is 43.8 Å². The fraction of sp³-hybridized carbons (Fsp3) is 0.212. The molecule has 0 heterocycles. The highest BCUT2D eigenvalue weighted by molar-refractivity contribution is 7.92. The number of amides is 2. The van der Waals surface area contributed by atoms with Crippen molar-refractivity contribution >= 4 is 39.1 Å². The van der Waals surface area contributed by atoms with Gasteiger partial charge in [-0.25, -0.2) is 8.42 Å². The zero-order valence-electron chi connectivity index (χ0n) is 23.6. The van der Waals surface area contributed by atoms with Crippen molar-refractivity contribution < 1.29 is 18.0 Å². The number of carbonyl (C=O) groups is 2. The summed E-state index contributed by atoms with van der Waals surface area (Å²) in [6.45, 7) is 3.32. The lowest BCUT2D eigenvalue weighted by molar-refractivity contribution is -0.140. The number of hydrogen-bond donors (Lipinski definition) is 1. The van der Waals surface area contributed by atoms with E-state index in [2.05, 4.69) is 5.32 Å². The molecule has 0 saturated heterocycles. The van der Waals surface area contributed by atoms with Gasteiger partial charge < -0.3 is 10.2 Å². The van der Waals surface area contributed by atoms with Crippen LogP contribution in [0.1, 0.15) is 25.0 Å². The first kappa shape index (κ1) is 30.8. The lowest BCUT2D eigenvalue weighted by atomic mass is 10.0. The number of nitrogens with zero attached hydrogens (tertiary/aromatic N) is 2. The van der Waals surface area contributed by atoms with Crippen LogP contribution in [0.2, 0.25) is 5.02 Å². The second-order valence-electron chi connectivity index (χ2n) is 10.2. The molecule has 0 aliphatic carbocycles. The Morgan fingerprint density at radius 3 is 1.83 bits per heavy atom. The van der Waals surface area contributed by atoms with Gasteiger partial charge in [-0.1, -0.05) is 90.5 Å². The molecular weight excluding hydrogens is 570 g/mol. The quantitative estimate of drug-likeness (QED) is 0.225. The van der Waals surface area contributed by atoms with E-state index in [0.717, 1.165) is 15.4 Å². The number of hydrogen-bond acceptors (Lipinski definition) is 4. The summed E-state index contributed by atoms with van der Waals surface area (Å²) >= 11 is 6.02. The van der Waals surface area contributed by atoms with E-state index in [9.17, 15) is 18.0 Å². The molecule has 42 heavy (non-hydrogen) atoms. The minimum absolute atomic E-state index is 0.00320. The van der Waals surface area contributed by atoms with E-state index in [1.807, 2.05) is 74.5 Å². The van der Waals surface area contributed by atoms with Gasteiger partial charge in [0.25, 0.3) is 10.0 Å². The third kappa shape index (κ3) is 7.99. The van der Waals surface area contributed by atoms with Gasteiger partial charge >= 0.3 is 0 Å². The van der Waals surface area contributed by atoms with Crippen LogP contribution < -0.4 is 9.62 Å². The van der Waals surface area contributed by atoms with E-state index in [0.29, 0.717) is 10.7 Å². The Kier molecular flexibility index (Phi) is 10.4. The van der Waals surface area contributed by atoms with E-state index in [1.54, 1.807) is 30.3 Å². The van der Waals surface area contributed by atoms with E-state index in [1.165, 1.54) is 29.2 Å². The zero-order chi connectivity index (χ0) is 30.1. The van der Waals surface area contributed by atoms with Crippen molar-refractivity contribution in [3.63, 3.8) is 0 Å². The maximum absolute atomic E-state index is 14.3. The molecular formula is C33H34ClN3O4S. The van der Waals surface area contributed by atoms with E-state index < -0.39 is 28.5 Å². The molecule has 9 heteroatoms. The van der Waals surface area contributed by atoms with Crippen LogP contribution in [0, 0.1) is 0 Å². The fourth-order valence-electron chi connectivity index (χ4n) is 4.57. The van der Waals surface area contributed by atoms with Crippen molar-refractivity contribution in [1.82, 2.24) is 10.2 Å². The Morgan fingerprint density at radius 2 is 1.29 bits per heavy atom. The Morgan fingerprint density at radius 1 is 0.762 bits per heavy atom. The molecule has 4 aromatic rings. The van der Waals surface area contributed by atoms with Crippen molar-refractivity contribution in [2.45, 2.75) is 43.8 Å². The van der Waals surface area contributed by atoms with Gasteiger partial charge in [0.15, 0.2) is 0 Å². The molecule has 0 fully saturated rings. The third-order valence-electron chi connectivity index (χ3n) is 6.62. The van der Waals surface area contributed by atoms with Gasteiger partial charge in [-0.3, -0.25) is 13.9 Å². The predicted octanol–water partition coefficient (Wildman–Crippen LogP) is 5.70. The highest BCUT2D eigenvalue weighted by Gasteiger charge is 2.34. The Bertz CT molecular complexity index is 1570. The third-order valence-corrected chi connectivity index (χ3v) is 8.66. The topological polar surface area (TPSA) is 86.8 Å². The SMILES string of the molecule is CC(C)NC(=O)C(Cc1ccccc1)N(Cc1ccccc1)C(=O)CN(c1ccccc1)S(=O)(=O)c1ccc(Cl)cc1. The molecule has 0 spiro atoms. The van der Waals surface area contributed by atoms with Gasteiger partial charge in [-0.2, -0.15) is 0 Å². The second kappa shape index (κ2) is 14.2. The van der Waals surface area contributed by atoms with E-state index >= 15 is 0 Å². The standard InChI is InChI=1S/C33H34ClN3O4S/c1-25(2)35-33(39)31(22-26-12-6-3-7-13-26)36(23-27-14-8-4-9-15-27)32(38)24-37(29-16-10-5-11-17-29)42(40,41)30-20-18-28(34)19-21-30/h3-21,25,31H,22-24H2,1-2H3,(H,35,39). The van der Waals surface area contributed by atoms with Gasteiger partial charge in [-0.15, -0.1) is 0 Å². The summed E-state index contributed by atoms with van der Waals surface area (Å²) in [4.78, 5) is 29.4. The molecule has 0 saturated carbocycles. The van der Waals surface area contributed by atoms with Crippen LogP contribution in [0.25, 0.3) is 0 Å². The van der Waals surface area contributed by atoms with Crippen LogP contribution >= 0.6 is 11.6 Å². The first-order chi connectivity index (χ1) is 20.1. The van der Waals surface area contributed by atoms with Crippen molar-refractivity contribution in [2.24, 2.45) is 0 Å². The Labute approximate surface area is 252 Å². The maximum Gasteiger partial charge on any atom is 0.264 e. The number of anilines is 1. The molecule has 218 valence electrons. The van der Waals surface area contributed by atoms with Crippen LogP contribution in [0.4, 0.5) is 5.69 Å². The largest absolute Gasteiger partial charge is 0.352 e. The van der Waals surface area contributed by atoms with Crippen LogP contribution in [-0.2, 0) is 32.6 Å². The average Bonchev–Trinajstić information content (AvgIpc) is 2.99. The van der Waals surface area contributed by atoms with Gasteiger partial charge in [0, 0.05) is 24.0 Å². The maximum atomic E-state index is 14.3. The van der Waals surface area contributed by atoms with Crippen LogP contribution in [0.15, 0.2) is 120 Å². The zero-order valence-corrected chi connectivity index (χ0v) is 25.1. The van der Waals surface area contributed by atoms with Gasteiger partial charge in [-0.05, 0) is 61.4 Å². The van der Waals surface area contributed by atoms with Crippen molar-refractivity contribution in [1.29, 1.82) is 0 Å². The average molecular weight is 604 g/mol. The van der Waals surface area contributed by atoms with Crippen molar-refractivity contribution in [3.8, 4) is 0 Å². The minimum Gasteiger partial charge on any atom is -0.352 e. The molecule has 4 aromatic carbocycles. The number of benzene rings is 4. The highest BCUT2D eigenvalue weighted by atomic mass is 35.5. The summed E-state index contributed by atoms with van der Waals surface area (Å²) in [6, 6.07) is 32.0. The number of sulfonamides is 1. The normalized spacial score (nSPS) is 12.0. The van der Waals surface area contributed by atoms with Gasteiger partial charge in [0.05, 0.1) is 10.6 Å². The van der Waals surface area contributed by atoms with Crippen molar-refractivity contribution in [3.05, 3.63) is 131 Å². The summed E-state index contributed by atoms with van der Waals surface area (Å²) in [5, 5.41) is 3.35. The number of carbonyl (C=O) groups excluding carboxylic acids is 2. The number of para-hydroxylation sites is 1. The molecule has 0 bridgehead atoms. The first-order valence-electron chi connectivity index (χ1n) is 13.7. The molecule has 2 amide bonds. The number of rotatable bonds is 12. The smallest absolute Gasteiger partial charge is 0.264 e. The molecule has 1 N–H and O–H groups in total. The molecule has 7 nitrogen and oxygen atoms in total. The molecule has 4 rings (SSSR count). The lowest BCUT2D eigenvalue weighted by Gasteiger charge is -2.34. The lowest BCUT2D eigenvalue weighted by Crippen LogP contribution is -2.54. The fourth-order valence-corrected chi connectivity index (χ4v) is 6.11. The molecule has 0 aliphatic rings. The summed E-state index contributed by atoms with van der Waals surface area (Å²) in [5.41, 5.74) is 2.01. The van der Waals surface area contributed by atoms with E-state index in [-0.39, 0.29) is 29.8 Å². The second-order valence-corrected chi connectivity index (χ2v) is 12.5.